The van der Waals surface area contributed by atoms with E-state index >= 15 is 4.39 Å². The minimum Gasteiger partial charge on any atom is -0.387 e. The summed E-state index contributed by atoms with van der Waals surface area (Å²) in [6.45, 7) is 2.11. The molecule has 0 radical (unpaired) electrons. The fourth-order valence-electron chi connectivity index (χ4n) is 8.47. The molecule has 24 nitrogen and oxygen atoms in total. The third-order valence-corrected chi connectivity index (χ3v) is 12.1. The van der Waals surface area contributed by atoms with Gasteiger partial charge in [-0.15, -0.1) is 0 Å². The van der Waals surface area contributed by atoms with Crippen LogP contribution in [0.5, 0.6) is 0 Å². The smallest absolute Gasteiger partial charge is 0.254 e. The summed E-state index contributed by atoms with van der Waals surface area (Å²) >= 11 is 0. The topological polar surface area (TPSA) is 357 Å². The number of imide groups is 1. The van der Waals surface area contributed by atoms with Gasteiger partial charge in [-0.2, -0.15) is 0 Å². The highest BCUT2D eigenvalue weighted by molar-refractivity contribution is 6.14. The Morgan fingerprint density at radius 3 is 1.92 bits per heavy atom. The lowest BCUT2D eigenvalue weighted by molar-refractivity contribution is -0.141. The van der Waals surface area contributed by atoms with Crippen molar-refractivity contribution in [1.29, 1.82) is 0 Å². The zero-order chi connectivity index (χ0) is 58.0. The molecule has 26 heteroatoms. The van der Waals surface area contributed by atoms with E-state index in [0.717, 1.165) is 35.9 Å². The number of halogens is 2. The number of hydrogen-bond donors (Lipinski definition) is 9. The number of aliphatic hydroxyl groups excluding tert-OH is 1. The zero-order valence-electron chi connectivity index (χ0n) is 43.5. The summed E-state index contributed by atoms with van der Waals surface area (Å²) in [5, 5.41) is 24.8. The molecule has 0 aliphatic carbocycles. The maximum Gasteiger partial charge on any atom is 0.254 e. The maximum atomic E-state index is 15.4. The number of aliphatic hydroxyl groups is 1. The van der Waals surface area contributed by atoms with Crippen LogP contribution in [0.25, 0.3) is 11.1 Å². The average Bonchev–Trinajstić information content (AvgIpc) is 4.03. The Morgan fingerprint density at radius 2 is 1.32 bits per heavy atom. The first-order valence-electron chi connectivity index (χ1n) is 24.7. The number of aromatic nitrogens is 2. The minimum atomic E-state index is -1.90. The molecule has 5 rings (SSSR count). The van der Waals surface area contributed by atoms with Crippen LogP contribution >= 0.6 is 0 Å². The molecular formula is C53H62F2N12O12. The van der Waals surface area contributed by atoms with Gasteiger partial charge in [0.05, 0.1) is 31.8 Å². The fourth-order valence-corrected chi connectivity index (χ4v) is 8.47. The highest BCUT2D eigenvalue weighted by Gasteiger charge is 2.39. The molecule has 0 saturated carbocycles. The first kappa shape index (κ1) is 60.7. The number of rotatable bonds is 28. The van der Waals surface area contributed by atoms with Crippen LogP contribution in [0.15, 0.2) is 97.5 Å². The second kappa shape index (κ2) is 28.3. The van der Waals surface area contributed by atoms with Gasteiger partial charge in [-0.05, 0) is 59.4 Å². The molecule has 0 saturated heterocycles. The standard InChI is InChI=1S/C53H62F2N12O12/c1-53(2,3)49(40-22-33(35-23-34(54)9-10-36(35)55)28-65(40)27-32-7-5-4-6-8-32)66(48(76)30-68)20-15-37(50(77)60-19-18-59-45(73)29-67-46(74)11-12-47(67)75)63-52(79)39(25-42(57)70)64-51(78)38(24-41(56)69)62-44(72)26-61-43(71)21-31-13-16-58-17-14-31/h4-14,16-17,22-23,28,37-39,49,68H,15,18-21,24-27,29-30H2,1-3H3,(H2,56,69)(H2,57,70)(H,59,73)(H,60,77)(H,61,71)(H,62,72)(H,63,79)(H,64,78)/t37-,38+,39-,49-/m0/s1. The first-order valence-corrected chi connectivity index (χ1v) is 24.7. The van der Waals surface area contributed by atoms with Crippen molar-refractivity contribution in [3.05, 3.63) is 126 Å². The van der Waals surface area contributed by atoms with Crippen LogP contribution in [0.1, 0.15) is 62.9 Å². The number of benzene rings is 2. The van der Waals surface area contributed by atoms with Gasteiger partial charge in [-0.3, -0.25) is 62.6 Å². The van der Waals surface area contributed by atoms with E-state index in [2.05, 4.69) is 36.9 Å². The van der Waals surface area contributed by atoms with Gasteiger partial charge in [0, 0.05) is 73.7 Å². The largest absolute Gasteiger partial charge is 0.387 e. The van der Waals surface area contributed by atoms with Gasteiger partial charge >= 0.3 is 0 Å². The van der Waals surface area contributed by atoms with Crippen molar-refractivity contribution >= 4 is 65.0 Å². The molecule has 1 aliphatic rings. The lowest BCUT2D eigenvalue weighted by Gasteiger charge is -2.41. The number of carbonyl (C=O) groups is 11. The molecule has 2 aromatic carbocycles. The number of primary amides is 2. The SMILES string of the molecule is CC(C)(C)[C@H](c1cc(-c2cc(F)ccc2F)cn1Cc1ccccc1)N(CC[C@H](NC(=O)[C@H](CC(N)=O)NC(=O)[C@@H](CC(N)=O)NC(=O)CNC(=O)Cc1ccncc1)C(=O)NCCNC(=O)CN1C(=O)C=CC1=O)C(=O)CO. The summed E-state index contributed by atoms with van der Waals surface area (Å²) in [5.41, 5.74) is 11.8. The van der Waals surface area contributed by atoms with Crippen LogP contribution < -0.4 is 43.4 Å². The zero-order valence-corrected chi connectivity index (χ0v) is 43.5. The summed E-state index contributed by atoms with van der Waals surface area (Å²) in [5.74, 6) is -11.6. The molecule has 4 aromatic rings. The van der Waals surface area contributed by atoms with Gasteiger partial charge in [-0.1, -0.05) is 51.1 Å². The molecule has 0 fully saturated rings. The molecule has 420 valence electrons. The minimum absolute atomic E-state index is 0.0892. The van der Waals surface area contributed by atoms with Gasteiger partial charge in [0.2, 0.25) is 53.2 Å². The Morgan fingerprint density at radius 1 is 0.709 bits per heavy atom. The van der Waals surface area contributed by atoms with Crippen LogP contribution in [0, 0.1) is 17.0 Å². The molecular weight excluding hydrogens is 1030 g/mol. The number of hydrogen-bond acceptors (Lipinski definition) is 13. The summed E-state index contributed by atoms with van der Waals surface area (Å²) in [4.78, 5) is 149. The monoisotopic (exact) mass is 1100 g/mol. The van der Waals surface area contributed by atoms with Crippen molar-refractivity contribution < 1.29 is 66.6 Å². The van der Waals surface area contributed by atoms with E-state index < -0.39 is 152 Å². The van der Waals surface area contributed by atoms with Crippen molar-refractivity contribution in [2.45, 2.75) is 77.2 Å². The van der Waals surface area contributed by atoms with Gasteiger partial charge in [0.1, 0.15) is 42.9 Å². The molecule has 3 heterocycles. The molecule has 0 spiro atoms. The fraction of sp³-hybridized carbons (Fsp3) is 0.358. The van der Waals surface area contributed by atoms with Gasteiger partial charge in [0.15, 0.2) is 0 Å². The van der Waals surface area contributed by atoms with E-state index in [1.165, 1.54) is 17.3 Å². The highest BCUT2D eigenvalue weighted by atomic mass is 19.1. The second-order valence-corrected chi connectivity index (χ2v) is 19.3. The molecule has 0 bridgehead atoms. The maximum absolute atomic E-state index is 15.4. The molecule has 0 unspecified atom stereocenters. The van der Waals surface area contributed by atoms with E-state index in [9.17, 15) is 62.2 Å². The Balaban J connectivity index is 1.43. The average molecular weight is 1100 g/mol. The summed E-state index contributed by atoms with van der Waals surface area (Å²) < 4.78 is 31.8. The van der Waals surface area contributed by atoms with Gasteiger partial charge in [-0.25, -0.2) is 8.78 Å². The Kier molecular flexibility index (Phi) is 21.7. The molecule has 11 N–H and O–H groups in total. The number of nitrogens with zero attached hydrogens (tertiary/aromatic N) is 4. The quantitative estimate of drug-likeness (QED) is 0.0241. The van der Waals surface area contributed by atoms with Crippen molar-refractivity contribution in [2.24, 2.45) is 16.9 Å². The van der Waals surface area contributed by atoms with Crippen molar-refractivity contribution in [3.8, 4) is 11.1 Å². The van der Waals surface area contributed by atoms with Crippen LogP contribution in [-0.4, -0.2) is 147 Å². The number of pyridine rings is 1. The van der Waals surface area contributed by atoms with Gasteiger partial charge < -0.3 is 57.9 Å². The number of nitrogens with two attached hydrogens (primary N) is 2. The lowest BCUT2D eigenvalue weighted by atomic mass is 9.82. The van der Waals surface area contributed by atoms with E-state index in [-0.39, 0.29) is 37.2 Å². The molecule has 4 atom stereocenters. The predicted molar refractivity (Wildman–Crippen MR) is 277 cm³/mol. The van der Waals surface area contributed by atoms with Crippen LogP contribution in [0.2, 0.25) is 0 Å². The molecule has 79 heavy (non-hydrogen) atoms. The number of amides is 11. The van der Waals surface area contributed by atoms with E-state index in [4.69, 9.17) is 11.5 Å². The molecule has 11 amide bonds. The lowest BCUT2D eigenvalue weighted by Crippen LogP contribution is -2.59. The highest BCUT2D eigenvalue weighted by Crippen LogP contribution is 2.41. The summed E-state index contributed by atoms with van der Waals surface area (Å²) in [7, 11) is 0. The van der Waals surface area contributed by atoms with Crippen molar-refractivity contribution in [3.63, 3.8) is 0 Å². The van der Waals surface area contributed by atoms with E-state index in [1.54, 1.807) is 67.9 Å². The van der Waals surface area contributed by atoms with Crippen LogP contribution in [-0.2, 0) is 65.7 Å². The van der Waals surface area contributed by atoms with Crippen LogP contribution in [0.4, 0.5) is 8.78 Å². The van der Waals surface area contributed by atoms with Crippen molar-refractivity contribution in [2.75, 3.05) is 39.3 Å². The van der Waals surface area contributed by atoms with Gasteiger partial charge in [0.25, 0.3) is 11.8 Å². The number of nitrogens with one attached hydrogen (secondary N) is 6. The first-order chi connectivity index (χ1) is 37.4. The predicted octanol–water partition coefficient (Wildman–Crippen LogP) is -1.10. The number of carbonyl (C=O) groups excluding carboxylic acids is 11. The van der Waals surface area contributed by atoms with E-state index in [0.29, 0.717) is 16.2 Å². The Hall–Kier alpha value is -9.20. The summed E-state index contributed by atoms with van der Waals surface area (Å²) in [6, 6.07) is 10.4. The molecule has 1 aliphatic heterocycles. The van der Waals surface area contributed by atoms with Crippen molar-refractivity contribution in [1.82, 2.24) is 51.3 Å². The second-order valence-electron chi connectivity index (χ2n) is 19.3. The van der Waals surface area contributed by atoms with Crippen LogP contribution in [0.3, 0.4) is 0 Å². The Bertz CT molecular complexity index is 2930. The van der Waals surface area contributed by atoms with E-state index in [1.807, 2.05) is 12.1 Å². The normalized spacial score (nSPS) is 13.6. The summed E-state index contributed by atoms with van der Waals surface area (Å²) in [6.07, 6.45) is 4.17. The Labute approximate surface area is 452 Å². The molecule has 2 aromatic heterocycles. The third-order valence-electron chi connectivity index (χ3n) is 12.1. The third kappa shape index (κ3) is 18.2.